The highest BCUT2D eigenvalue weighted by atomic mass is 16.5. The standard InChI is InChI=1S/C11H16O3.C4H10/c1-4-7-14-9-5-6-10(12-2)11(8-9)13-3;1-3-4-2/h5-6,8H,4,7H2,1-3H3;3-4H2,1-2H3. The van der Waals surface area contributed by atoms with Crippen molar-refractivity contribution in [2.75, 3.05) is 20.8 Å². The number of hydrogen-bond acceptors (Lipinski definition) is 3. The molecule has 0 aromatic heterocycles. The third-order valence-corrected chi connectivity index (χ3v) is 2.33. The first kappa shape index (κ1) is 16.6. The lowest BCUT2D eigenvalue weighted by Crippen LogP contribution is -1.96. The lowest BCUT2D eigenvalue weighted by Gasteiger charge is -2.10. The van der Waals surface area contributed by atoms with Crippen LogP contribution in [0.4, 0.5) is 0 Å². The molecular weight excluding hydrogens is 228 g/mol. The zero-order chi connectivity index (χ0) is 13.8. The van der Waals surface area contributed by atoms with E-state index in [0.29, 0.717) is 5.75 Å². The largest absolute Gasteiger partial charge is 0.493 e. The summed E-state index contributed by atoms with van der Waals surface area (Å²) < 4.78 is 15.7. The van der Waals surface area contributed by atoms with Gasteiger partial charge in [0.1, 0.15) is 5.75 Å². The van der Waals surface area contributed by atoms with Crippen molar-refractivity contribution < 1.29 is 14.2 Å². The summed E-state index contributed by atoms with van der Waals surface area (Å²) in [5, 5.41) is 0. The Morgan fingerprint density at radius 1 is 0.833 bits per heavy atom. The first-order valence-corrected chi connectivity index (χ1v) is 6.58. The topological polar surface area (TPSA) is 27.7 Å². The number of methoxy groups -OCH3 is 2. The van der Waals surface area contributed by atoms with Crippen molar-refractivity contribution in [1.29, 1.82) is 0 Å². The van der Waals surface area contributed by atoms with E-state index in [9.17, 15) is 0 Å². The lowest BCUT2D eigenvalue weighted by atomic mass is 10.3. The van der Waals surface area contributed by atoms with Gasteiger partial charge in [0.25, 0.3) is 0 Å². The second-order valence-electron chi connectivity index (χ2n) is 3.87. The molecule has 1 aromatic carbocycles. The predicted molar refractivity (Wildman–Crippen MR) is 75.9 cm³/mol. The molecule has 0 amide bonds. The van der Waals surface area contributed by atoms with Gasteiger partial charge in [-0.25, -0.2) is 0 Å². The van der Waals surface area contributed by atoms with E-state index in [0.717, 1.165) is 24.5 Å². The van der Waals surface area contributed by atoms with Crippen molar-refractivity contribution in [1.82, 2.24) is 0 Å². The van der Waals surface area contributed by atoms with E-state index in [4.69, 9.17) is 14.2 Å². The average molecular weight is 254 g/mol. The summed E-state index contributed by atoms with van der Waals surface area (Å²) in [4.78, 5) is 0. The fourth-order valence-electron chi connectivity index (χ4n) is 1.13. The van der Waals surface area contributed by atoms with Crippen LogP contribution in [0.5, 0.6) is 17.2 Å². The van der Waals surface area contributed by atoms with Gasteiger partial charge in [0.15, 0.2) is 11.5 Å². The van der Waals surface area contributed by atoms with Gasteiger partial charge in [-0.15, -0.1) is 0 Å². The van der Waals surface area contributed by atoms with Crippen LogP contribution in [-0.2, 0) is 0 Å². The molecule has 1 rings (SSSR count). The number of hydrogen-bond donors (Lipinski definition) is 0. The van der Waals surface area contributed by atoms with Crippen molar-refractivity contribution in [2.45, 2.75) is 40.0 Å². The monoisotopic (exact) mass is 254 g/mol. The molecule has 0 fully saturated rings. The van der Waals surface area contributed by atoms with E-state index in [1.54, 1.807) is 14.2 Å². The molecule has 0 radical (unpaired) electrons. The Morgan fingerprint density at radius 3 is 1.89 bits per heavy atom. The quantitative estimate of drug-likeness (QED) is 0.757. The maximum Gasteiger partial charge on any atom is 0.164 e. The summed E-state index contributed by atoms with van der Waals surface area (Å²) in [5.74, 6) is 2.22. The Bertz CT molecular complexity index is 309. The molecule has 104 valence electrons. The maximum absolute atomic E-state index is 5.46. The van der Waals surface area contributed by atoms with Crippen LogP contribution in [0.25, 0.3) is 0 Å². The Balaban J connectivity index is 0.000000631. The molecule has 0 N–H and O–H groups in total. The third-order valence-electron chi connectivity index (χ3n) is 2.33. The van der Waals surface area contributed by atoms with Crippen LogP contribution < -0.4 is 14.2 Å². The highest BCUT2D eigenvalue weighted by Crippen LogP contribution is 2.30. The van der Waals surface area contributed by atoms with Gasteiger partial charge in [0, 0.05) is 6.07 Å². The molecule has 0 heterocycles. The number of benzene rings is 1. The van der Waals surface area contributed by atoms with Crippen molar-refractivity contribution in [3.05, 3.63) is 18.2 Å². The fraction of sp³-hybridized carbons (Fsp3) is 0.600. The SMILES string of the molecule is CCCC.CCCOc1ccc(OC)c(OC)c1. The van der Waals surface area contributed by atoms with Crippen molar-refractivity contribution in [2.24, 2.45) is 0 Å². The molecule has 3 nitrogen and oxygen atoms in total. The zero-order valence-electron chi connectivity index (χ0n) is 12.3. The Labute approximate surface area is 111 Å². The van der Waals surface area contributed by atoms with Gasteiger partial charge in [-0.3, -0.25) is 0 Å². The summed E-state index contributed by atoms with van der Waals surface area (Å²) in [5.41, 5.74) is 0. The van der Waals surface area contributed by atoms with Crippen LogP contribution in [0.15, 0.2) is 18.2 Å². The normalized spacial score (nSPS) is 9.17. The van der Waals surface area contributed by atoms with Gasteiger partial charge in [0.05, 0.1) is 20.8 Å². The fourth-order valence-corrected chi connectivity index (χ4v) is 1.13. The van der Waals surface area contributed by atoms with E-state index in [1.807, 2.05) is 18.2 Å². The number of rotatable bonds is 6. The van der Waals surface area contributed by atoms with Gasteiger partial charge >= 0.3 is 0 Å². The van der Waals surface area contributed by atoms with E-state index in [2.05, 4.69) is 20.8 Å². The molecular formula is C15H26O3. The van der Waals surface area contributed by atoms with Crippen LogP contribution in [0.1, 0.15) is 40.0 Å². The third kappa shape index (κ3) is 6.38. The number of unbranched alkanes of at least 4 members (excludes halogenated alkanes) is 1. The summed E-state index contributed by atoms with van der Waals surface area (Å²) in [6.45, 7) is 7.15. The molecule has 0 aliphatic heterocycles. The molecule has 0 atom stereocenters. The van der Waals surface area contributed by atoms with Gasteiger partial charge in [-0.05, 0) is 18.6 Å². The molecule has 1 aromatic rings. The average Bonchev–Trinajstić information content (AvgIpc) is 2.44. The van der Waals surface area contributed by atoms with Gasteiger partial charge in [0.2, 0.25) is 0 Å². The summed E-state index contributed by atoms with van der Waals surface area (Å²) in [7, 11) is 3.23. The zero-order valence-corrected chi connectivity index (χ0v) is 12.3. The van der Waals surface area contributed by atoms with Crippen molar-refractivity contribution >= 4 is 0 Å². The van der Waals surface area contributed by atoms with Gasteiger partial charge < -0.3 is 14.2 Å². The van der Waals surface area contributed by atoms with Gasteiger partial charge in [-0.1, -0.05) is 33.6 Å². The minimum absolute atomic E-state index is 0.695. The molecule has 0 bridgehead atoms. The summed E-state index contributed by atoms with van der Waals surface area (Å²) in [6.07, 6.45) is 3.63. The van der Waals surface area contributed by atoms with Crippen LogP contribution in [0.3, 0.4) is 0 Å². The molecule has 0 aliphatic rings. The molecule has 0 spiro atoms. The molecule has 0 unspecified atom stereocenters. The summed E-state index contributed by atoms with van der Waals surface area (Å²) >= 11 is 0. The minimum atomic E-state index is 0.695. The number of ether oxygens (including phenoxy) is 3. The molecule has 0 aliphatic carbocycles. The summed E-state index contributed by atoms with van der Waals surface area (Å²) in [6, 6.07) is 5.54. The predicted octanol–water partition coefficient (Wildman–Crippen LogP) is 4.30. The Hall–Kier alpha value is -1.38. The second-order valence-corrected chi connectivity index (χ2v) is 3.87. The van der Waals surface area contributed by atoms with E-state index in [1.165, 1.54) is 12.8 Å². The van der Waals surface area contributed by atoms with Crippen LogP contribution in [0.2, 0.25) is 0 Å². The maximum atomic E-state index is 5.46. The molecule has 3 heteroatoms. The first-order valence-electron chi connectivity index (χ1n) is 6.58. The Kier molecular flexibility index (Phi) is 9.93. The molecule has 0 saturated carbocycles. The molecule has 0 saturated heterocycles. The second kappa shape index (κ2) is 10.8. The highest BCUT2D eigenvalue weighted by Gasteiger charge is 2.04. The lowest BCUT2D eigenvalue weighted by molar-refractivity contribution is 0.310. The van der Waals surface area contributed by atoms with Crippen molar-refractivity contribution in [3.8, 4) is 17.2 Å². The van der Waals surface area contributed by atoms with Crippen LogP contribution >= 0.6 is 0 Å². The van der Waals surface area contributed by atoms with E-state index in [-0.39, 0.29) is 0 Å². The van der Waals surface area contributed by atoms with Crippen LogP contribution in [0, 0.1) is 0 Å². The van der Waals surface area contributed by atoms with Gasteiger partial charge in [-0.2, -0.15) is 0 Å². The van der Waals surface area contributed by atoms with Crippen LogP contribution in [-0.4, -0.2) is 20.8 Å². The van der Waals surface area contributed by atoms with E-state index >= 15 is 0 Å². The Morgan fingerprint density at radius 2 is 1.44 bits per heavy atom. The van der Waals surface area contributed by atoms with Crippen molar-refractivity contribution in [3.63, 3.8) is 0 Å². The smallest absolute Gasteiger partial charge is 0.164 e. The minimum Gasteiger partial charge on any atom is -0.493 e. The first-order chi connectivity index (χ1) is 8.73. The van der Waals surface area contributed by atoms with E-state index < -0.39 is 0 Å². The molecule has 18 heavy (non-hydrogen) atoms. The highest BCUT2D eigenvalue weighted by molar-refractivity contribution is 5.45.